The van der Waals surface area contributed by atoms with Crippen LogP contribution in [0.1, 0.15) is 0 Å². The fourth-order valence-corrected chi connectivity index (χ4v) is 1.69. The molecule has 2 aromatic rings. The SMILES string of the molecule is Nc1c(Cl)cccc1OCC(=O)Nc1ccc(Cl)cn1. The van der Waals surface area contributed by atoms with Gasteiger partial charge in [0.1, 0.15) is 11.6 Å². The third kappa shape index (κ3) is 3.76. The molecule has 1 aromatic carbocycles. The van der Waals surface area contributed by atoms with E-state index in [4.69, 9.17) is 33.7 Å². The summed E-state index contributed by atoms with van der Waals surface area (Å²) in [5, 5.41) is 3.43. The molecule has 1 aromatic heterocycles. The van der Waals surface area contributed by atoms with Gasteiger partial charge in [-0.15, -0.1) is 0 Å². The topological polar surface area (TPSA) is 77.2 Å². The van der Waals surface area contributed by atoms with E-state index >= 15 is 0 Å². The molecule has 0 radical (unpaired) electrons. The van der Waals surface area contributed by atoms with E-state index < -0.39 is 0 Å². The van der Waals surface area contributed by atoms with E-state index in [1.165, 1.54) is 6.20 Å². The molecule has 0 aliphatic carbocycles. The molecule has 5 nitrogen and oxygen atoms in total. The van der Waals surface area contributed by atoms with Gasteiger partial charge in [0.15, 0.2) is 6.61 Å². The minimum absolute atomic E-state index is 0.200. The molecule has 2 rings (SSSR count). The third-order valence-corrected chi connectivity index (χ3v) is 2.92. The smallest absolute Gasteiger partial charge is 0.263 e. The number of carbonyl (C=O) groups is 1. The Kier molecular flexibility index (Phi) is 4.65. The summed E-state index contributed by atoms with van der Waals surface area (Å²) in [6.45, 7) is -0.200. The number of carbonyl (C=O) groups excluding carboxylic acids is 1. The number of hydrogen-bond acceptors (Lipinski definition) is 4. The van der Waals surface area contributed by atoms with Crippen LogP contribution in [0.5, 0.6) is 5.75 Å². The zero-order valence-corrected chi connectivity index (χ0v) is 11.8. The van der Waals surface area contributed by atoms with Crippen LogP contribution in [0.3, 0.4) is 0 Å². The Balaban J connectivity index is 1.92. The molecule has 20 heavy (non-hydrogen) atoms. The van der Waals surface area contributed by atoms with Crippen LogP contribution in [0.2, 0.25) is 10.0 Å². The molecule has 0 spiro atoms. The maximum absolute atomic E-state index is 11.7. The molecule has 0 fully saturated rings. The Hall–Kier alpha value is -1.98. The van der Waals surface area contributed by atoms with Crippen molar-refractivity contribution in [3.63, 3.8) is 0 Å². The second kappa shape index (κ2) is 6.45. The fourth-order valence-electron chi connectivity index (χ4n) is 1.42. The van der Waals surface area contributed by atoms with Gasteiger partial charge in [0.2, 0.25) is 0 Å². The molecule has 0 atom stereocenters. The number of aromatic nitrogens is 1. The van der Waals surface area contributed by atoms with Crippen molar-refractivity contribution in [2.45, 2.75) is 0 Å². The van der Waals surface area contributed by atoms with Crippen LogP contribution in [0, 0.1) is 0 Å². The summed E-state index contributed by atoms with van der Waals surface area (Å²) in [5.74, 6) is 0.387. The van der Waals surface area contributed by atoms with Crippen LogP contribution in [-0.2, 0) is 4.79 Å². The van der Waals surface area contributed by atoms with Gasteiger partial charge in [-0.2, -0.15) is 0 Å². The number of amides is 1. The number of benzene rings is 1. The number of nitrogens with one attached hydrogen (secondary N) is 1. The zero-order chi connectivity index (χ0) is 14.5. The molecule has 0 aliphatic rings. The lowest BCUT2D eigenvalue weighted by Gasteiger charge is -2.09. The van der Waals surface area contributed by atoms with Crippen molar-refractivity contribution in [2.75, 3.05) is 17.7 Å². The number of nitrogens with zero attached hydrogens (tertiary/aromatic N) is 1. The molecule has 1 heterocycles. The van der Waals surface area contributed by atoms with Crippen LogP contribution in [0.25, 0.3) is 0 Å². The van der Waals surface area contributed by atoms with Crippen molar-refractivity contribution in [3.8, 4) is 5.75 Å². The van der Waals surface area contributed by atoms with Crippen molar-refractivity contribution in [1.82, 2.24) is 4.98 Å². The van der Waals surface area contributed by atoms with Crippen molar-refractivity contribution in [3.05, 3.63) is 46.6 Å². The zero-order valence-electron chi connectivity index (χ0n) is 10.3. The standard InChI is InChI=1S/C13H11Cl2N3O2/c14-8-4-5-11(17-6-8)18-12(19)7-20-10-3-1-2-9(15)13(10)16/h1-6H,7,16H2,(H,17,18,19). The summed E-state index contributed by atoms with van der Waals surface area (Å²) in [7, 11) is 0. The highest BCUT2D eigenvalue weighted by Crippen LogP contribution is 2.28. The molecule has 1 amide bonds. The molecule has 104 valence electrons. The lowest BCUT2D eigenvalue weighted by Crippen LogP contribution is -2.21. The monoisotopic (exact) mass is 311 g/mol. The molecule has 0 saturated heterocycles. The second-order valence-corrected chi connectivity index (χ2v) is 4.69. The molecule has 7 heteroatoms. The van der Waals surface area contributed by atoms with E-state index in [1.807, 2.05) is 0 Å². The second-order valence-electron chi connectivity index (χ2n) is 3.85. The summed E-state index contributed by atoms with van der Waals surface area (Å²) in [5.41, 5.74) is 6.02. The third-order valence-electron chi connectivity index (χ3n) is 2.37. The summed E-state index contributed by atoms with van der Waals surface area (Å²) < 4.78 is 5.30. The Labute approximate surface area is 125 Å². The average Bonchev–Trinajstić information content (AvgIpc) is 2.43. The van der Waals surface area contributed by atoms with E-state index in [1.54, 1.807) is 30.3 Å². The molecule has 0 unspecified atom stereocenters. The van der Waals surface area contributed by atoms with Gasteiger partial charge >= 0.3 is 0 Å². The highest BCUT2D eigenvalue weighted by atomic mass is 35.5. The molecule has 0 aliphatic heterocycles. The number of pyridine rings is 1. The first-order valence-corrected chi connectivity index (χ1v) is 6.40. The summed E-state index contributed by atoms with van der Waals surface area (Å²) in [4.78, 5) is 15.6. The summed E-state index contributed by atoms with van der Waals surface area (Å²) >= 11 is 11.5. The summed E-state index contributed by atoms with van der Waals surface area (Å²) in [6, 6.07) is 8.18. The van der Waals surface area contributed by atoms with Gasteiger partial charge in [-0.25, -0.2) is 4.98 Å². The lowest BCUT2D eigenvalue weighted by molar-refractivity contribution is -0.118. The molecule has 3 N–H and O–H groups in total. The number of ether oxygens (including phenoxy) is 1. The molecule has 0 bridgehead atoms. The number of hydrogen-bond donors (Lipinski definition) is 2. The van der Waals surface area contributed by atoms with E-state index in [2.05, 4.69) is 10.3 Å². The van der Waals surface area contributed by atoms with Crippen LogP contribution in [0.4, 0.5) is 11.5 Å². The van der Waals surface area contributed by atoms with Gasteiger partial charge in [-0.3, -0.25) is 4.79 Å². The molecular weight excluding hydrogens is 301 g/mol. The highest BCUT2D eigenvalue weighted by Gasteiger charge is 2.08. The van der Waals surface area contributed by atoms with E-state index in [0.29, 0.717) is 27.3 Å². The number of anilines is 2. The number of nitrogen functional groups attached to an aromatic ring is 1. The summed E-state index contributed by atoms with van der Waals surface area (Å²) in [6.07, 6.45) is 1.44. The number of halogens is 2. The van der Waals surface area contributed by atoms with E-state index in [0.717, 1.165) is 0 Å². The normalized spacial score (nSPS) is 10.1. The highest BCUT2D eigenvalue weighted by molar-refractivity contribution is 6.33. The van der Waals surface area contributed by atoms with Gasteiger partial charge in [0, 0.05) is 6.20 Å². The maximum Gasteiger partial charge on any atom is 0.263 e. The van der Waals surface area contributed by atoms with Gasteiger partial charge in [0.25, 0.3) is 5.91 Å². The lowest BCUT2D eigenvalue weighted by atomic mass is 10.3. The predicted octanol–water partition coefficient (Wildman–Crippen LogP) is 2.99. The van der Waals surface area contributed by atoms with Crippen molar-refractivity contribution >= 4 is 40.6 Å². The van der Waals surface area contributed by atoms with Crippen molar-refractivity contribution in [2.24, 2.45) is 0 Å². The number of rotatable bonds is 4. The Morgan fingerprint density at radius 3 is 2.80 bits per heavy atom. The minimum Gasteiger partial charge on any atom is -0.482 e. The van der Waals surface area contributed by atoms with Gasteiger partial charge in [-0.05, 0) is 24.3 Å². The van der Waals surface area contributed by atoms with Crippen LogP contribution in [0.15, 0.2) is 36.5 Å². The quantitative estimate of drug-likeness (QED) is 0.851. The van der Waals surface area contributed by atoms with E-state index in [9.17, 15) is 4.79 Å². The fraction of sp³-hybridized carbons (Fsp3) is 0.0769. The van der Waals surface area contributed by atoms with Crippen LogP contribution >= 0.6 is 23.2 Å². The number of para-hydroxylation sites is 1. The first kappa shape index (κ1) is 14.4. The van der Waals surface area contributed by atoms with Crippen molar-refractivity contribution < 1.29 is 9.53 Å². The Morgan fingerprint density at radius 1 is 1.30 bits per heavy atom. The van der Waals surface area contributed by atoms with Crippen LogP contribution in [-0.4, -0.2) is 17.5 Å². The average molecular weight is 312 g/mol. The largest absolute Gasteiger partial charge is 0.482 e. The Bertz CT molecular complexity index is 618. The first-order chi connectivity index (χ1) is 9.56. The minimum atomic E-state index is -0.362. The van der Waals surface area contributed by atoms with E-state index in [-0.39, 0.29) is 12.5 Å². The van der Waals surface area contributed by atoms with Gasteiger partial charge < -0.3 is 15.8 Å². The van der Waals surface area contributed by atoms with Crippen LogP contribution < -0.4 is 15.8 Å². The number of nitrogens with two attached hydrogens (primary N) is 1. The maximum atomic E-state index is 11.7. The van der Waals surface area contributed by atoms with Crippen molar-refractivity contribution in [1.29, 1.82) is 0 Å². The van der Waals surface area contributed by atoms with Gasteiger partial charge in [-0.1, -0.05) is 29.3 Å². The molecule has 0 saturated carbocycles. The predicted molar refractivity (Wildman–Crippen MR) is 79.2 cm³/mol. The first-order valence-electron chi connectivity index (χ1n) is 5.64. The Morgan fingerprint density at radius 2 is 2.10 bits per heavy atom. The molecular formula is C13H11Cl2N3O2. The van der Waals surface area contributed by atoms with Gasteiger partial charge in [0.05, 0.1) is 15.7 Å².